The van der Waals surface area contributed by atoms with Crippen LogP contribution in [-0.4, -0.2) is 61.5 Å². The van der Waals surface area contributed by atoms with Crippen LogP contribution in [0.3, 0.4) is 0 Å². The lowest BCUT2D eigenvalue weighted by Gasteiger charge is -2.37. The molecule has 2 aromatic rings. The zero-order valence-electron chi connectivity index (χ0n) is 17.4. The minimum Gasteiger partial charge on any atom is -0.369 e. The molecule has 1 amide bonds. The van der Waals surface area contributed by atoms with Crippen molar-refractivity contribution in [2.45, 2.75) is 18.8 Å². The van der Waals surface area contributed by atoms with Crippen LogP contribution < -0.4 is 4.90 Å². The van der Waals surface area contributed by atoms with Crippen molar-refractivity contribution in [1.29, 1.82) is 0 Å². The van der Waals surface area contributed by atoms with E-state index in [0.29, 0.717) is 11.8 Å². The number of piperazine rings is 1. The lowest BCUT2D eigenvalue weighted by molar-refractivity contribution is -0.131. The van der Waals surface area contributed by atoms with Crippen LogP contribution >= 0.6 is 0 Å². The molecule has 2 atom stereocenters. The van der Waals surface area contributed by atoms with Gasteiger partial charge in [-0.15, -0.1) is 0 Å². The lowest BCUT2D eigenvalue weighted by Crippen LogP contribution is -2.48. The third-order valence-electron chi connectivity index (χ3n) is 6.94. The maximum atomic E-state index is 13.9. The lowest BCUT2D eigenvalue weighted by atomic mass is 9.88. The van der Waals surface area contributed by atoms with Crippen molar-refractivity contribution in [2.24, 2.45) is 11.8 Å². The molecule has 0 spiro atoms. The summed E-state index contributed by atoms with van der Waals surface area (Å²) in [6.45, 7) is 6.59. The quantitative estimate of drug-likeness (QED) is 0.758. The predicted molar refractivity (Wildman–Crippen MR) is 117 cm³/mol. The molecule has 3 aliphatic rings. The van der Waals surface area contributed by atoms with Crippen molar-refractivity contribution < 1.29 is 9.18 Å². The Kier molecular flexibility index (Phi) is 5.47. The van der Waals surface area contributed by atoms with Crippen molar-refractivity contribution in [3.05, 3.63) is 66.0 Å². The van der Waals surface area contributed by atoms with Crippen molar-refractivity contribution in [3.8, 4) is 0 Å². The molecule has 2 aromatic carbocycles. The Labute approximate surface area is 178 Å². The number of para-hydroxylation sites is 1. The first-order valence-electron chi connectivity index (χ1n) is 11.2. The van der Waals surface area contributed by atoms with Gasteiger partial charge in [0, 0.05) is 63.3 Å². The topological polar surface area (TPSA) is 26.8 Å². The zero-order chi connectivity index (χ0) is 20.5. The summed E-state index contributed by atoms with van der Waals surface area (Å²) in [6, 6.07) is 17.6. The Morgan fingerprint density at radius 1 is 0.933 bits per heavy atom. The van der Waals surface area contributed by atoms with Crippen LogP contribution in [0.4, 0.5) is 10.1 Å². The molecule has 1 saturated carbocycles. The second-order valence-corrected chi connectivity index (χ2v) is 9.06. The first-order chi connectivity index (χ1) is 14.7. The average Bonchev–Trinajstić information content (AvgIpc) is 3.55. The highest BCUT2D eigenvalue weighted by molar-refractivity contribution is 5.81. The molecule has 0 radical (unpaired) electrons. The Balaban J connectivity index is 1.26. The molecule has 5 heteroatoms. The van der Waals surface area contributed by atoms with Gasteiger partial charge in [-0.25, -0.2) is 4.39 Å². The van der Waals surface area contributed by atoms with E-state index in [4.69, 9.17) is 0 Å². The van der Waals surface area contributed by atoms with Gasteiger partial charge in [0.25, 0.3) is 0 Å². The number of amides is 1. The summed E-state index contributed by atoms with van der Waals surface area (Å²) in [6.07, 6.45) is 2.07. The smallest absolute Gasteiger partial charge is 0.225 e. The fourth-order valence-electron chi connectivity index (χ4n) is 5.10. The Bertz CT molecular complexity index is 877. The molecule has 4 nitrogen and oxygen atoms in total. The molecule has 0 aromatic heterocycles. The van der Waals surface area contributed by atoms with Gasteiger partial charge in [-0.1, -0.05) is 30.3 Å². The zero-order valence-corrected chi connectivity index (χ0v) is 17.4. The Hall–Kier alpha value is -2.40. The third-order valence-corrected chi connectivity index (χ3v) is 6.94. The molecule has 5 rings (SSSR count). The molecule has 0 N–H and O–H groups in total. The Morgan fingerprint density at radius 3 is 2.40 bits per heavy atom. The predicted octanol–water partition coefficient (Wildman–Crippen LogP) is 3.60. The first kappa shape index (κ1) is 19.6. The van der Waals surface area contributed by atoms with Crippen LogP contribution in [0.25, 0.3) is 0 Å². The number of nitrogens with zero attached hydrogens (tertiary/aromatic N) is 3. The van der Waals surface area contributed by atoms with Crippen LogP contribution in [-0.2, 0) is 4.79 Å². The number of hydrogen-bond acceptors (Lipinski definition) is 3. The number of anilines is 1. The molecule has 1 aliphatic carbocycles. The summed E-state index contributed by atoms with van der Waals surface area (Å²) in [4.78, 5) is 19.7. The fraction of sp³-hybridized carbons (Fsp3) is 0.480. The molecular formula is C25H30FN3O. The monoisotopic (exact) mass is 407 g/mol. The summed E-state index contributed by atoms with van der Waals surface area (Å²) >= 11 is 0. The van der Waals surface area contributed by atoms with Gasteiger partial charge >= 0.3 is 0 Å². The van der Waals surface area contributed by atoms with Gasteiger partial charge in [-0.05, 0) is 48.6 Å². The minimum absolute atomic E-state index is 0.185. The van der Waals surface area contributed by atoms with E-state index in [-0.39, 0.29) is 17.7 Å². The standard InChI is InChI=1S/C25H30FN3O/c26-22-6-4-5-20(15-22)24-18-29(25(30)19-9-10-19)17-21(24)16-27-11-13-28(14-12-27)23-7-2-1-3-8-23/h1-8,15,19,21,24H,9-14,16-18H2/t21-,24-/m0/s1. The van der Waals surface area contributed by atoms with Crippen molar-refractivity contribution in [1.82, 2.24) is 9.80 Å². The molecule has 2 saturated heterocycles. The summed E-state index contributed by atoms with van der Waals surface area (Å²) in [5, 5.41) is 0. The van der Waals surface area contributed by atoms with E-state index in [2.05, 4.69) is 45.0 Å². The molecular weight excluding hydrogens is 377 g/mol. The van der Waals surface area contributed by atoms with Gasteiger partial charge in [0.15, 0.2) is 0 Å². The maximum absolute atomic E-state index is 13.9. The maximum Gasteiger partial charge on any atom is 0.225 e. The molecule has 158 valence electrons. The third kappa shape index (κ3) is 4.22. The first-order valence-corrected chi connectivity index (χ1v) is 11.2. The number of hydrogen-bond donors (Lipinski definition) is 0. The van der Waals surface area contributed by atoms with Crippen LogP contribution in [0.1, 0.15) is 24.3 Å². The van der Waals surface area contributed by atoms with Gasteiger partial charge < -0.3 is 9.80 Å². The second-order valence-electron chi connectivity index (χ2n) is 9.06. The highest BCUT2D eigenvalue weighted by atomic mass is 19.1. The number of carbonyl (C=O) groups is 1. The molecule has 0 unspecified atom stereocenters. The molecule has 2 aliphatic heterocycles. The fourth-order valence-corrected chi connectivity index (χ4v) is 5.10. The van der Waals surface area contributed by atoms with Crippen LogP contribution in [0, 0.1) is 17.7 Å². The summed E-state index contributed by atoms with van der Waals surface area (Å²) in [7, 11) is 0. The van der Waals surface area contributed by atoms with Crippen LogP contribution in [0.15, 0.2) is 54.6 Å². The molecule has 2 heterocycles. The normalized spacial score (nSPS) is 25.0. The highest BCUT2D eigenvalue weighted by Crippen LogP contribution is 2.38. The summed E-state index contributed by atoms with van der Waals surface area (Å²) in [5.41, 5.74) is 2.32. The van der Waals surface area contributed by atoms with E-state index < -0.39 is 0 Å². The van der Waals surface area contributed by atoms with Gasteiger partial charge in [0.05, 0.1) is 0 Å². The summed E-state index contributed by atoms with van der Waals surface area (Å²) < 4.78 is 13.9. The van der Waals surface area contributed by atoms with E-state index in [1.54, 1.807) is 12.1 Å². The van der Waals surface area contributed by atoms with Gasteiger partial charge in [-0.2, -0.15) is 0 Å². The van der Waals surface area contributed by atoms with Crippen molar-refractivity contribution in [3.63, 3.8) is 0 Å². The van der Waals surface area contributed by atoms with Crippen molar-refractivity contribution in [2.75, 3.05) is 50.7 Å². The number of benzene rings is 2. The number of likely N-dealkylation sites (tertiary alicyclic amines) is 1. The van der Waals surface area contributed by atoms with Crippen molar-refractivity contribution >= 4 is 11.6 Å². The van der Waals surface area contributed by atoms with Gasteiger partial charge in [-0.3, -0.25) is 9.69 Å². The highest BCUT2D eigenvalue weighted by Gasteiger charge is 2.41. The number of carbonyl (C=O) groups excluding carboxylic acids is 1. The molecule has 3 fully saturated rings. The number of halogens is 1. The van der Waals surface area contributed by atoms with E-state index in [9.17, 15) is 9.18 Å². The van der Waals surface area contributed by atoms with E-state index in [0.717, 1.165) is 64.2 Å². The van der Waals surface area contributed by atoms with Crippen LogP contribution in [0.5, 0.6) is 0 Å². The van der Waals surface area contributed by atoms with E-state index in [1.807, 2.05) is 6.07 Å². The second kappa shape index (κ2) is 8.38. The SMILES string of the molecule is O=C(C1CC1)N1C[C@H](CN2CCN(c3ccccc3)CC2)[C@H](c2cccc(F)c2)C1. The van der Waals surface area contributed by atoms with Gasteiger partial charge in [0.1, 0.15) is 5.82 Å². The average molecular weight is 408 g/mol. The van der Waals surface area contributed by atoms with E-state index >= 15 is 0 Å². The minimum atomic E-state index is -0.185. The van der Waals surface area contributed by atoms with E-state index in [1.165, 1.54) is 11.8 Å². The molecule has 0 bridgehead atoms. The van der Waals surface area contributed by atoms with Gasteiger partial charge in [0.2, 0.25) is 5.91 Å². The largest absolute Gasteiger partial charge is 0.369 e. The molecule has 30 heavy (non-hydrogen) atoms. The summed E-state index contributed by atoms with van der Waals surface area (Å²) in [5.74, 6) is 0.946. The number of rotatable bonds is 5. The Morgan fingerprint density at radius 2 is 1.70 bits per heavy atom. The van der Waals surface area contributed by atoms with Crippen LogP contribution in [0.2, 0.25) is 0 Å².